The quantitative estimate of drug-likeness (QED) is 0.844. The van der Waals surface area contributed by atoms with Crippen molar-refractivity contribution in [3.05, 3.63) is 0 Å². The Hall–Kier alpha value is -0.130. The maximum absolute atomic E-state index is 11.7. The number of sulfone groups is 1. The van der Waals surface area contributed by atoms with Crippen LogP contribution < -0.4 is 5.32 Å². The number of hydrogen-bond acceptors (Lipinski definition) is 4. The van der Waals surface area contributed by atoms with Gasteiger partial charge in [0, 0.05) is 12.1 Å². The van der Waals surface area contributed by atoms with E-state index < -0.39 is 9.84 Å². The van der Waals surface area contributed by atoms with Gasteiger partial charge in [0.1, 0.15) is 0 Å². The summed E-state index contributed by atoms with van der Waals surface area (Å²) in [5.74, 6) is 1.46. The van der Waals surface area contributed by atoms with E-state index in [0.29, 0.717) is 29.4 Å². The van der Waals surface area contributed by atoms with Crippen LogP contribution in [0.25, 0.3) is 0 Å². The summed E-state index contributed by atoms with van der Waals surface area (Å²) in [7, 11) is -2.80. The highest BCUT2D eigenvalue weighted by Crippen LogP contribution is 2.31. The molecule has 118 valence electrons. The van der Waals surface area contributed by atoms with Crippen LogP contribution in [0.15, 0.2) is 0 Å². The predicted octanol–water partition coefficient (Wildman–Crippen LogP) is 1.99. The summed E-state index contributed by atoms with van der Waals surface area (Å²) in [6.07, 6.45) is 4.44. The molecule has 0 bridgehead atoms. The molecule has 0 saturated carbocycles. The topological polar surface area (TPSA) is 55.4 Å². The molecule has 5 heteroatoms. The SMILES string of the molecule is CC(C)(C)NCC(CC1CCCO1)C1CCS(=O)(=O)C1. The van der Waals surface area contributed by atoms with Crippen molar-refractivity contribution in [1.82, 2.24) is 5.32 Å². The third kappa shape index (κ3) is 5.01. The van der Waals surface area contributed by atoms with Crippen LogP contribution in [0.1, 0.15) is 46.5 Å². The first-order chi connectivity index (χ1) is 9.25. The first-order valence-electron chi connectivity index (χ1n) is 7.82. The molecule has 2 fully saturated rings. The molecule has 2 heterocycles. The van der Waals surface area contributed by atoms with E-state index >= 15 is 0 Å². The summed E-state index contributed by atoms with van der Waals surface area (Å²) in [4.78, 5) is 0. The van der Waals surface area contributed by atoms with Gasteiger partial charge in [-0.2, -0.15) is 0 Å². The van der Waals surface area contributed by atoms with Gasteiger partial charge in [-0.15, -0.1) is 0 Å². The van der Waals surface area contributed by atoms with Crippen LogP contribution in [-0.4, -0.2) is 44.7 Å². The smallest absolute Gasteiger partial charge is 0.150 e. The zero-order valence-corrected chi connectivity index (χ0v) is 13.8. The van der Waals surface area contributed by atoms with Crippen molar-refractivity contribution in [3.63, 3.8) is 0 Å². The zero-order chi connectivity index (χ0) is 14.8. The molecule has 2 rings (SSSR count). The molecule has 0 spiro atoms. The molecule has 0 aromatic heterocycles. The molecular weight excluding hydrogens is 274 g/mol. The Balaban J connectivity index is 1.95. The van der Waals surface area contributed by atoms with Gasteiger partial charge >= 0.3 is 0 Å². The van der Waals surface area contributed by atoms with Crippen molar-refractivity contribution in [2.24, 2.45) is 11.8 Å². The Morgan fingerprint density at radius 1 is 1.30 bits per heavy atom. The number of nitrogens with one attached hydrogen (secondary N) is 1. The van der Waals surface area contributed by atoms with Crippen LogP contribution in [0.5, 0.6) is 0 Å². The lowest BCUT2D eigenvalue weighted by atomic mass is 9.86. The molecule has 2 aliphatic rings. The van der Waals surface area contributed by atoms with Crippen LogP contribution >= 0.6 is 0 Å². The Labute approximate surface area is 123 Å². The Bertz CT molecular complexity index is 407. The fraction of sp³-hybridized carbons (Fsp3) is 1.00. The lowest BCUT2D eigenvalue weighted by Gasteiger charge is -2.30. The number of ether oxygens (including phenoxy) is 1. The second-order valence-corrected chi connectivity index (χ2v) is 9.65. The fourth-order valence-corrected chi connectivity index (χ4v) is 5.16. The van der Waals surface area contributed by atoms with Gasteiger partial charge in [0.25, 0.3) is 0 Å². The van der Waals surface area contributed by atoms with Gasteiger partial charge in [-0.05, 0) is 64.8 Å². The number of rotatable bonds is 5. The normalized spacial score (nSPS) is 31.6. The minimum absolute atomic E-state index is 0.0757. The average molecular weight is 303 g/mol. The molecule has 2 saturated heterocycles. The summed E-state index contributed by atoms with van der Waals surface area (Å²) < 4.78 is 29.2. The van der Waals surface area contributed by atoms with E-state index in [1.165, 1.54) is 0 Å². The molecule has 2 aliphatic heterocycles. The summed E-state index contributed by atoms with van der Waals surface area (Å²) >= 11 is 0. The van der Waals surface area contributed by atoms with E-state index in [1.807, 2.05) is 0 Å². The van der Waals surface area contributed by atoms with Gasteiger partial charge in [0.05, 0.1) is 17.6 Å². The van der Waals surface area contributed by atoms with Crippen LogP contribution in [0.3, 0.4) is 0 Å². The van der Waals surface area contributed by atoms with Gasteiger partial charge in [0.15, 0.2) is 9.84 Å². The Morgan fingerprint density at radius 2 is 2.05 bits per heavy atom. The van der Waals surface area contributed by atoms with Gasteiger partial charge in [0.2, 0.25) is 0 Å². The molecule has 0 amide bonds. The largest absolute Gasteiger partial charge is 0.378 e. The minimum atomic E-state index is -2.80. The maximum Gasteiger partial charge on any atom is 0.150 e. The van der Waals surface area contributed by atoms with E-state index in [9.17, 15) is 8.42 Å². The third-order valence-corrected chi connectivity index (χ3v) is 6.21. The first kappa shape index (κ1) is 16.2. The second-order valence-electron chi connectivity index (χ2n) is 7.42. The Morgan fingerprint density at radius 3 is 2.55 bits per heavy atom. The molecule has 0 aliphatic carbocycles. The lowest BCUT2D eigenvalue weighted by Crippen LogP contribution is -2.41. The monoisotopic (exact) mass is 303 g/mol. The van der Waals surface area contributed by atoms with E-state index in [-0.39, 0.29) is 5.54 Å². The molecule has 3 unspecified atom stereocenters. The minimum Gasteiger partial charge on any atom is -0.378 e. The molecule has 0 aromatic rings. The van der Waals surface area contributed by atoms with E-state index in [4.69, 9.17) is 4.74 Å². The average Bonchev–Trinajstić information content (AvgIpc) is 2.92. The van der Waals surface area contributed by atoms with Crippen LogP contribution in [-0.2, 0) is 14.6 Å². The highest BCUT2D eigenvalue weighted by Gasteiger charge is 2.35. The van der Waals surface area contributed by atoms with Gasteiger partial charge in [-0.3, -0.25) is 0 Å². The van der Waals surface area contributed by atoms with Crippen molar-refractivity contribution in [2.75, 3.05) is 24.7 Å². The van der Waals surface area contributed by atoms with Crippen LogP contribution in [0.4, 0.5) is 0 Å². The third-order valence-electron chi connectivity index (χ3n) is 4.42. The van der Waals surface area contributed by atoms with Crippen molar-refractivity contribution in [3.8, 4) is 0 Å². The van der Waals surface area contributed by atoms with Gasteiger partial charge in [-0.1, -0.05) is 0 Å². The van der Waals surface area contributed by atoms with Gasteiger partial charge < -0.3 is 10.1 Å². The predicted molar refractivity (Wildman–Crippen MR) is 81.6 cm³/mol. The molecule has 20 heavy (non-hydrogen) atoms. The van der Waals surface area contributed by atoms with Crippen molar-refractivity contribution >= 4 is 9.84 Å². The van der Waals surface area contributed by atoms with Gasteiger partial charge in [-0.25, -0.2) is 8.42 Å². The lowest BCUT2D eigenvalue weighted by molar-refractivity contribution is 0.0793. The summed E-state index contributed by atoms with van der Waals surface area (Å²) in [5, 5.41) is 3.55. The number of hydrogen-bond donors (Lipinski definition) is 1. The zero-order valence-electron chi connectivity index (χ0n) is 13.0. The highest BCUT2D eigenvalue weighted by molar-refractivity contribution is 7.91. The molecule has 1 N–H and O–H groups in total. The summed E-state index contributed by atoms with van der Waals surface area (Å²) in [5.41, 5.74) is 0.0757. The highest BCUT2D eigenvalue weighted by atomic mass is 32.2. The van der Waals surface area contributed by atoms with Crippen molar-refractivity contribution in [2.45, 2.75) is 58.1 Å². The standard InChI is InChI=1S/C15H29NO3S/c1-15(2,3)16-10-13(9-14-5-4-7-19-14)12-6-8-20(17,18)11-12/h12-14,16H,4-11H2,1-3H3. The van der Waals surface area contributed by atoms with Crippen LogP contribution in [0.2, 0.25) is 0 Å². The van der Waals surface area contributed by atoms with Crippen molar-refractivity contribution < 1.29 is 13.2 Å². The second kappa shape index (κ2) is 6.32. The van der Waals surface area contributed by atoms with Crippen LogP contribution in [0, 0.1) is 11.8 Å². The Kier molecular flexibility index (Phi) is 5.14. The maximum atomic E-state index is 11.7. The molecule has 3 atom stereocenters. The fourth-order valence-electron chi connectivity index (χ4n) is 3.24. The molecule has 0 radical (unpaired) electrons. The molecular formula is C15H29NO3S. The summed E-state index contributed by atoms with van der Waals surface area (Å²) in [6, 6.07) is 0. The van der Waals surface area contributed by atoms with Crippen molar-refractivity contribution in [1.29, 1.82) is 0 Å². The molecule has 0 aromatic carbocycles. The summed E-state index contributed by atoms with van der Waals surface area (Å²) in [6.45, 7) is 8.22. The van der Waals surface area contributed by atoms with E-state index in [1.54, 1.807) is 0 Å². The van der Waals surface area contributed by atoms with E-state index in [2.05, 4.69) is 26.1 Å². The first-order valence-corrected chi connectivity index (χ1v) is 9.64. The van der Waals surface area contributed by atoms with E-state index in [0.717, 1.165) is 38.8 Å². The molecule has 4 nitrogen and oxygen atoms in total.